The zero-order chi connectivity index (χ0) is 24.8. The average molecular weight is 498 g/mol. The number of hydrogen-bond donors (Lipinski definition) is 2. The van der Waals surface area contributed by atoms with Crippen molar-refractivity contribution in [3.05, 3.63) is 77.7 Å². The third kappa shape index (κ3) is 4.33. The summed E-state index contributed by atoms with van der Waals surface area (Å²) in [6.07, 6.45) is -3.83. The summed E-state index contributed by atoms with van der Waals surface area (Å²) in [7, 11) is -4.80. The number of halogens is 6. The first kappa shape index (κ1) is 23.3. The smallest absolute Gasteiger partial charge is 0.368 e. The maximum atomic E-state index is 15.2. The van der Waals surface area contributed by atoms with Crippen molar-refractivity contribution in [3.63, 3.8) is 0 Å². The molecule has 0 spiro atoms. The monoisotopic (exact) mass is 498 g/mol. The van der Waals surface area contributed by atoms with E-state index in [1.54, 1.807) is 4.72 Å². The highest BCUT2D eigenvalue weighted by Crippen LogP contribution is 2.35. The Morgan fingerprint density at radius 2 is 1.62 bits per heavy atom. The lowest BCUT2D eigenvalue weighted by Gasteiger charge is -2.14. The van der Waals surface area contributed by atoms with E-state index in [1.807, 2.05) is 0 Å². The van der Waals surface area contributed by atoms with E-state index in [0.717, 1.165) is 12.1 Å². The molecule has 1 aromatic heterocycles. The Kier molecular flexibility index (Phi) is 5.59. The van der Waals surface area contributed by atoms with Crippen LogP contribution in [0.4, 0.5) is 38.0 Å². The van der Waals surface area contributed by atoms with Crippen LogP contribution in [0, 0.1) is 17.5 Å². The van der Waals surface area contributed by atoms with E-state index in [9.17, 15) is 30.4 Å². The molecule has 34 heavy (non-hydrogen) atoms. The number of fused-ring (bicyclic) bond motifs is 1. The zero-order valence-electron chi connectivity index (χ0n) is 16.7. The third-order valence-electron chi connectivity index (χ3n) is 4.78. The molecule has 0 saturated heterocycles. The SMILES string of the molecule is Nc1ncc2cc(-c3c(F)ccc(NS(=O)(=O)c4ccc(F)c(C(F)(F)F)c4)c3F)ccc2n1. The van der Waals surface area contributed by atoms with Crippen LogP contribution < -0.4 is 10.5 Å². The summed E-state index contributed by atoms with van der Waals surface area (Å²) in [5.74, 6) is -4.04. The quantitative estimate of drug-likeness (QED) is 0.381. The molecule has 176 valence electrons. The van der Waals surface area contributed by atoms with Crippen LogP contribution in [0.5, 0.6) is 0 Å². The van der Waals surface area contributed by atoms with Crippen molar-refractivity contribution in [1.29, 1.82) is 0 Å². The van der Waals surface area contributed by atoms with E-state index < -0.39 is 55.4 Å². The number of aromatic nitrogens is 2. The second-order valence-electron chi connectivity index (χ2n) is 7.03. The van der Waals surface area contributed by atoms with Gasteiger partial charge in [0.1, 0.15) is 11.6 Å². The molecule has 0 unspecified atom stereocenters. The van der Waals surface area contributed by atoms with Gasteiger partial charge in [0.2, 0.25) is 5.95 Å². The highest BCUT2D eigenvalue weighted by Gasteiger charge is 2.35. The van der Waals surface area contributed by atoms with Crippen molar-refractivity contribution in [1.82, 2.24) is 9.97 Å². The average Bonchev–Trinajstić information content (AvgIpc) is 2.75. The number of hydrogen-bond acceptors (Lipinski definition) is 5. The summed E-state index contributed by atoms with van der Waals surface area (Å²) in [5, 5.41) is 0.391. The van der Waals surface area contributed by atoms with Gasteiger partial charge in [-0.3, -0.25) is 4.72 Å². The fourth-order valence-electron chi connectivity index (χ4n) is 3.19. The molecule has 1 heterocycles. The minimum Gasteiger partial charge on any atom is -0.368 e. The molecule has 0 aliphatic rings. The fourth-order valence-corrected chi connectivity index (χ4v) is 4.28. The molecule has 0 amide bonds. The van der Waals surface area contributed by atoms with Crippen molar-refractivity contribution in [3.8, 4) is 11.1 Å². The van der Waals surface area contributed by atoms with Crippen LogP contribution >= 0.6 is 0 Å². The molecule has 3 N–H and O–H groups in total. The third-order valence-corrected chi connectivity index (χ3v) is 6.14. The first-order valence-corrected chi connectivity index (χ1v) is 10.8. The van der Waals surface area contributed by atoms with E-state index in [4.69, 9.17) is 5.73 Å². The lowest BCUT2D eigenvalue weighted by Crippen LogP contribution is -2.16. The summed E-state index contributed by atoms with van der Waals surface area (Å²) in [6.45, 7) is 0. The molecule has 6 nitrogen and oxygen atoms in total. The molecule has 0 aliphatic heterocycles. The molecule has 0 aliphatic carbocycles. The number of sulfonamides is 1. The van der Waals surface area contributed by atoms with Crippen molar-refractivity contribution < 1.29 is 34.8 Å². The number of benzene rings is 3. The highest BCUT2D eigenvalue weighted by atomic mass is 32.2. The van der Waals surface area contributed by atoms with Gasteiger partial charge in [0, 0.05) is 11.6 Å². The summed E-state index contributed by atoms with van der Waals surface area (Å²) in [5.41, 5.74) is 2.76. The first-order chi connectivity index (χ1) is 15.9. The Hall–Kier alpha value is -3.87. The molecule has 4 rings (SSSR count). The summed E-state index contributed by atoms with van der Waals surface area (Å²) in [6, 6.07) is 6.65. The van der Waals surface area contributed by atoms with Crippen molar-refractivity contribution in [2.24, 2.45) is 0 Å². The van der Waals surface area contributed by atoms with Gasteiger partial charge in [0.25, 0.3) is 10.0 Å². The number of nitrogens with zero attached hydrogens (tertiary/aromatic N) is 2. The van der Waals surface area contributed by atoms with E-state index >= 15 is 4.39 Å². The molecule has 0 fully saturated rings. The highest BCUT2D eigenvalue weighted by molar-refractivity contribution is 7.92. The maximum Gasteiger partial charge on any atom is 0.419 e. The minimum atomic E-state index is -5.16. The molecule has 3 aromatic carbocycles. The first-order valence-electron chi connectivity index (χ1n) is 9.27. The minimum absolute atomic E-state index is 0.0107. The van der Waals surface area contributed by atoms with Crippen LogP contribution in [0.15, 0.2) is 59.6 Å². The van der Waals surface area contributed by atoms with Crippen LogP contribution in [0.3, 0.4) is 0 Å². The number of rotatable bonds is 4. The number of anilines is 2. The lowest BCUT2D eigenvalue weighted by molar-refractivity contribution is -0.140. The van der Waals surface area contributed by atoms with Gasteiger partial charge in [0.15, 0.2) is 5.82 Å². The Morgan fingerprint density at radius 3 is 2.32 bits per heavy atom. The molecule has 0 atom stereocenters. The molecular weight excluding hydrogens is 486 g/mol. The second-order valence-corrected chi connectivity index (χ2v) is 8.71. The predicted octanol–water partition coefficient (Wildman–Crippen LogP) is 5.12. The van der Waals surface area contributed by atoms with Crippen molar-refractivity contribution >= 4 is 32.6 Å². The number of nitrogens with two attached hydrogens (primary N) is 1. The van der Waals surface area contributed by atoms with Gasteiger partial charge in [-0.15, -0.1) is 0 Å². The molecule has 4 aromatic rings. The van der Waals surface area contributed by atoms with Gasteiger partial charge < -0.3 is 5.73 Å². The van der Waals surface area contributed by atoms with Gasteiger partial charge in [-0.2, -0.15) is 13.2 Å². The number of nitrogen functional groups attached to an aromatic ring is 1. The van der Waals surface area contributed by atoms with Gasteiger partial charge in [-0.05, 0) is 48.0 Å². The van der Waals surface area contributed by atoms with Gasteiger partial charge >= 0.3 is 6.18 Å². The summed E-state index contributed by atoms with van der Waals surface area (Å²) < 4.78 is 109. The van der Waals surface area contributed by atoms with E-state index in [-0.39, 0.29) is 17.6 Å². The Morgan fingerprint density at radius 1 is 0.912 bits per heavy atom. The molecule has 0 saturated carbocycles. The molecule has 0 bridgehead atoms. The second kappa shape index (κ2) is 8.17. The lowest BCUT2D eigenvalue weighted by atomic mass is 10.0. The Bertz CT molecular complexity index is 1540. The van der Waals surface area contributed by atoms with Gasteiger partial charge in [-0.25, -0.2) is 31.6 Å². The summed E-state index contributed by atoms with van der Waals surface area (Å²) in [4.78, 5) is 6.80. The molecule has 0 radical (unpaired) electrons. The van der Waals surface area contributed by atoms with Crippen molar-refractivity contribution in [2.45, 2.75) is 11.1 Å². The Balaban J connectivity index is 1.76. The van der Waals surface area contributed by atoms with Crippen LogP contribution in [0.2, 0.25) is 0 Å². The van der Waals surface area contributed by atoms with Crippen LogP contribution in [0.1, 0.15) is 5.56 Å². The topological polar surface area (TPSA) is 98.0 Å². The molecule has 13 heteroatoms. The van der Waals surface area contributed by atoms with Crippen LogP contribution in [-0.2, 0) is 16.2 Å². The normalized spacial score (nSPS) is 12.2. The van der Waals surface area contributed by atoms with Crippen LogP contribution in [0.25, 0.3) is 22.0 Å². The molecular formula is C21H12F6N4O2S. The largest absolute Gasteiger partial charge is 0.419 e. The van der Waals surface area contributed by atoms with E-state index in [2.05, 4.69) is 9.97 Å². The summed E-state index contributed by atoms with van der Waals surface area (Å²) >= 11 is 0. The predicted molar refractivity (Wildman–Crippen MR) is 112 cm³/mol. The van der Waals surface area contributed by atoms with Gasteiger partial charge in [0.05, 0.1) is 27.2 Å². The number of nitrogens with one attached hydrogen (secondary N) is 1. The Labute approximate surface area is 188 Å². The van der Waals surface area contributed by atoms with Crippen LogP contribution in [-0.4, -0.2) is 18.4 Å². The van der Waals surface area contributed by atoms with Gasteiger partial charge in [-0.1, -0.05) is 6.07 Å². The standard InChI is InChI=1S/C21H12F6N4O2S/c22-14-3-2-12(8-13(14)21(25,26)27)34(32,33)31-17-6-4-15(23)18(19(17)24)10-1-5-16-11(7-10)9-29-20(28)30-16/h1-9,31H,(H2,28,29,30). The van der Waals surface area contributed by atoms with E-state index in [0.29, 0.717) is 23.0 Å². The maximum absolute atomic E-state index is 15.2. The van der Waals surface area contributed by atoms with E-state index in [1.165, 1.54) is 24.4 Å². The fraction of sp³-hybridized carbons (Fsp3) is 0.0476. The zero-order valence-corrected chi connectivity index (χ0v) is 17.5. The van der Waals surface area contributed by atoms with Crippen molar-refractivity contribution in [2.75, 3.05) is 10.5 Å². The number of alkyl halides is 3.